The molecule has 1 fully saturated rings. The van der Waals surface area contributed by atoms with E-state index in [9.17, 15) is 9.90 Å². The Bertz CT molecular complexity index is 747. The molecular weight excluding hydrogens is 350 g/mol. The fourth-order valence-corrected chi connectivity index (χ4v) is 4.12. The first kappa shape index (κ1) is 20.6. The number of rotatable bonds is 9. The SMILES string of the molecule is Cc1ccccc1C(CCOCCN1CCCC(C(=O)O)C1)c1ccccc1. The van der Waals surface area contributed by atoms with Gasteiger partial charge in [0.05, 0.1) is 12.5 Å². The number of likely N-dealkylation sites (tertiary alicyclic amines) is 1. The molecule has 0 saturated carbocycles. The Labute approximate surface area is 168 Å². The van der Waals surface area contributed by atoms with Crippen molar-refractivity contribution in [2.45, 2.75) is 32.1 Å². The van der Waals surface area contributed by atoms with Crippen molar-refractivity contribution in [3.63, 3.8) is 0 Å². The number of ether oxygens (including phenoxy) is 1. The smallest absolute Gasteiger partial charge is 0.307 e. The molecule has 4 heteroatoms. The summed E-state index contributed by atoms with van der Waals surface area (Å²) >= 11 is 0. The molecule has 2 aromatic carbocycles. The second-order valence-electron chi connectivity index (χ2n) is 7.70. The van der Waals surface area contributed by atoms with E-state index in [4.69, 9.17) is 4.74 Å². The van der Waals surface area contributed by atoms with E-state index in [0.717, 1.165) is 32.4 Å². The van der Waals surface area contributed by atoms with Gasteiger partial charge in [0, 0.05) is 25.6 Å². The van der Waals surface area contributed by atoms with Gasteiger partial charge in [0.25, 0.3) is 0 Å². The van der Waals surface area contributed by atoms with Gasteiger partial charge in [-0.25, -0.2) is 0 Å². The molecule has 0 aliphatic carbocycles. The van der Waals surface area contributed by atoms with E-state index < -0.39 is 5.97 Å². The van der Waals surface area contributed by atoms with Crippen LogP contribution in [0.3, 0.4) is 0 Å². The number of carbonyl (C=O) groups is 1. The molecule has 2 unspecified atom stereocenters. The number of aryl methyl sites for hydroxylation is 1. The first-order valence-corrected chi connectivity index (χ1v) is 10.3. The zero-order valence-electron chi connectivity index (χ0n) is 16.7. The predicted octanol–water partition coefficient (Wildman–Crippen LogP) is 4.33. The molecule has 0 amide bonds. The number of hydrogen-bond acceptors (Lipinski definition) is 3. The number of piperidine rings is 1. The highest BCUT2D eigenvalue weighted by molar-refractivity contribution is 5.70. The Kier molecular flexibility index (Phi) is 7.63. The van der Waals surface area contributed by atoms with Crippen molar-refractivity contribution in [1.82, 2.24) is 4.90 Å². The van der Waals surface area contributed by atoms with Crippen LogP contribution in [0.4, 0.5) is 0 Å². The van der Waals surface area contributed by atoms with Crippen molar-refractivity contribution in [2.75, 3.05) is 32.8 Å². The molecule has 1 aliphatic rings. The standard InChI is InChI=1S/C24H31NO3/c1-19-8-5-6-12-22(19)23(20-9-3-2-4-10-20)13-16-28-17-15-25-14-7-11-21(18-25)24(26)27/h2-6,8-10,12,21,23H,7,11,13-18H2,1H3,(H,26,27). The molecular formula is C24H31NO3. The highest BCUT2D eigenvalue weighted by atomic mass is 16.5. The quantitative estimate of drug-likeness (QED) is 0.657. The Balaban J connectivity index is 1.51. The normalized spacial score (nSPS) is 18.7. The molecule has 2 atom stereocenters. The van der Waals surface area contributed by atoms with Crippen LogP contribution in [-0.2, 0) is 9.53 Å². The van der Waals surface area contributed by atoms with Crippen LogP contribution < -0.4 is 0 Å². The summed E-state index contributed by atoms with van der Waals surface area (Å²) < 4.78 is 5.96. The summed E-state index contributed by atoms with van der Waals surface area (Å²) in [5.41, 5.74) is 3.99. The Morgan fingerprint density at radius 2 is 1.89 bits per heavy atom. The van der Waals surface area contributed by atoms with E-state index >= 15 is 0 Å². The van der Waals surface area contributed by atoms with E-state index in [-0.39, 0.29) is 5.92 Å². The Morgan fingerprint density at radius 3 is 2.64 bits per heavy atom. The highest BCUT2D eigenvalue weighted by Gasteiger charge is 2.25. The maximum absolute atomic E-state index is 11.2. The third-order valence-corrected chi connectivity index (χ3v) is 5.72. The average Bonchev–Trinajstić information content (AvgIpc) is 2.72. The van der Waals surface area contributed by atoms with Gasteiger partial charge in [-0.05, 0) is 49.4 Å². The highest BCUT2D eigenvalue weighted by Crippen LogP contribution is 2.30. The van der Waals surface area contributed by atoms with Gasteiger partial charge >= 0.3 is 5.97 Å². The average molecular weight is 382 g/mol. The minimum Gasteiger partial charge on any atom is -0.481 e. The maximum Gasteiger partial charge on any atom is 0.307 e. The summed E-state index contributed by atoms with van der Waals surface area (Å²) in [6, 6.07) is 19.2. The third-order valence-electron chi connectivity index (χ3n) is 5.72. The van der Waals surface area contributed by atoms with Crippen molar-refractivity contribution < 1.29 is 14.6 Å². The molecule has 150 valence electrons. The summed E-state index contributed by atoms with van der Waals surface area (Å²) in [6.07, 6.45) is 2.69. The van der Waals surface area contributed by atoms with Crippen molar-refractivity contribution in [2.24, 2.45) is 5.92 Å². The fourth-order valence-electron chi connectivity index (χ4n) is 4.12. The van der Waals surface area contributed by atoms with Crippen LogP contribution in [0.2, 0.25) is 0 Å². The van der Waals surface area contributed by atoms with E-state index in [1.807, 2.05) is 0 Å². The Hall–Kier alpha value is -2.17. The van der Waals surface area contributed by atoms with Crippen LogP contribution in [-0.4, -0.2) is 48.8 Å². The topological polar surface area (TPSA) is 49.8 Å². The van der Waals surface area contributed by atoms with Gasteiger partial charge in [-0.2, -0.15) is 0 Å². The van der Waals surface area contributed by atoms with E-state index in [2.05, 4.69) is 66.4 Å². The zero-order valence-corrected chi connectivity index (χ0v) is 16.7. The Morgan fingerprint density at radius 1 is 1.14 bits per heavy atom. The number of hydrogen-bond donors (Lipinski definition) is 1. The lowest BCUT2D eigenvalue weighted by Gasteiger charge is -2.30. The van der Waals surface area contributed by atoms with Crippen molar-refractivity contribution in [3.8, 4) is 0 Å². The molecule has 0 radical (unpaired) electrons. The third kappa shape index (κ3) is 5.66. The number of nitrogens with zero attached hydrogens (tertiary/aromatic N) is 1. The lowest BCUT2D eigenvalue weighted by Crippen LogP contribution is -2.40. The number of aliphatic carboxylic acids is 1. The predicted molar refractivity (Wildman–Crippen MR) is 112 cm³/mol. The van der Waals surface area contributed by atoms with Crippen LogP contribution in [0.15, 0.2) is 54.6 Å². The largest absolute Gasteiger partial charge is 0.481 e. The summed E-state index contributed by atoms with van der Waals surface area (Å²) in [5.74, 6) is -0.569. The van der Waals surface area contributed by atoms with E-state index in [1.165, 1.54) is 16.7 Å². The van der Waals surface area contributed by atoms with Gasteiger partial charge in [0.2, 0.25) is 0 Å². The van der Waals surface area contributed by atoms with Crippen molar-refractivity contribution in [1.29, 1.82) is 0 Å². The summed E-state index contributed by atoms with van der Waals surface area (Å²) in [7, 11) is 0. The molecule has 1 heterocycles. The van der Waals surface area contributed by atoms with Gasteiger partial charge in [-0.1, -0.05) is 54.6 Å². The molecule has 28 heavy (non-hydrogen) atoms. The van der Waals surface area contributed by atoms with Crippen LogP contribution in [0.25, 0.3) is 0 Å². The van der Waals surface area contributed by atoms with Crippen LogP contribution in [0.1, 0.15) is 41.9 Å². The molecule has 1 aliphatic heterocycles. The summed E-state index contributed by atoms with van der Waals surface area (Å²) in [6.45, 7) is 5.95. The number of carboxylic acid groups (broad SMARTS) is 1. The van der Waals surface area contributed by atoms with Gasteiger partial charge in [-0.3, -0.25) is 4.79 Å². The van der Waals surface area contributed by atoms with Gasteiger partial charge in [0.15, 0.2) is 0 Å². The molecule has 0 aromatic heterocycles. The van der Waals surface area contributed by atoms with Crippen LogP contribution in [0, 0.1) is 12.8 Å². The van der Waals surface area contributed by atoms with Gasteiger partial charge < -0.3 is 14.7 Å². The molecule has 1 saturated heterocycles. The molecule has 1 N–H and O–H groups in total. The second-order valence-corrected chi connectivity index (χ2v) is 7.70. The maximum atomic E-state index is 11.2. The minimum atomic E-state index is -0.672. The number of carboxylic acids is 1. The monoisotopic (exact) mass is 381 g/mol. The zero-order chi connectivity index (χ0) is 19.8. The lowest BCUT2D eigenvalue weighted by molar-refractivity contribution is -0.143. The lowest BCUT2D eigenvalue weighted by atomic mass is 9.86. The summed E-state index contributed by atoms with van der Waals surface area (Å²) in [4.78, 5) is 13.4. The first-order valence-electron chi connectivity index (χ1n) is 10.3. The van der Waals surface area contributed by atoms with Crippen LogP contribution in [0.5, 0.6) is 0 Å². The van der Waals surface area contributed by atoms with E-state index in [1.54, 1.807) is 0 Å². The number of benzene rings is 2. The van der Waals surface area contributed by atoms with Crippen molar-refractivity contribution in [3.05, 3.63) is 71.3 Å². The van der Waals surface area contributed by atoms with E-state index in [0.29, 0.717) is 25.7 Å². The molecule has 3 rings (SSSR count). The first-order chi connectivity index (χ1) is 13.6. The minimum absolute atomic E-state index is 0.225. The molecule has 0 bridgehead atoms. The van der Waals surface area contributed by atoms with Crippen molar-refractivity contribution >= 4 is 5.97 Å². The molecule has 2 aromatic rings. The van der Waals surface area contributed by atoms with Gasteiger partial charge in [0.1, 0.15) is 0 Å². The fraction of sp³-hybridized carbons (Fsp3) is 0.458. The second kappa shape index (κ2) is 10.4. The van der Waals surface area contributed by atoms with Crippen LogP contribution >= 0.6 is 0 Å². The molecule has 4 nitrogen and oxygen atoms in total. The van der Waals surface area contributed by atoms with Gasteiger partial charge in [-0.15, -0.1) is 0 Å². The molecule has 0 spiro atoms. The summed E-state index contributed by atoms with van der Waals surface area (Å²) in [5, 5.41) is 9.21.